The molecule has 1 aromatic rings. The van der Waals surface area contributed by atoms with Crippen LogP contribution in [-0.4, -0.2) is 25.1 Å². The highest BCUT2D eigenvalue weighted by molar-refractivity contribution is 6.20. The van der Waals surface area contributed by atoms with E-state index >= 15 is 0 Å². The molecule has 3 rings (SSSR count). The minimum Gasteiger partial charge on any atom is -0.493 e. The zero-order chi connectivity index (χ0) is 13.8. The molecule has 1 N–H and O–H groups in total. The van der Waals surface area contributed by atoms with Gasteiger partial charge in [0.2, 0.25) is 0 Å². The van der Waals surface area contributed by atoms with Crippen molar-refractivity contribution in [3.8, 4) is 5.75 Å². The predicted molar refractivity (Wildman–Crippen MR) is 83.8 cm³/mol. The van der Waals surface area contributed by atoms with Crippen molar-refractivity contribution in [2.45, 2.75) is 43.9 Å². The van der Waals surface area contributed by atoms with Gasteiger partial charge in [-0.25, -0.2) is 0 Å². The molecule has 0 aromatic heterocycles. The smallest absolute Gasteiger partial charge is 0.122 e. The molecule has 0 radical (unpaired) electrons. The quantitative estimate of drug-likeness (QED) is 0.662. The van der Waals surface area contributed by atoms with Gasteiger partial charge in [-0.3, -0.25) is 0 Å². The summed E-state index contributed by atoms with van der Waals surface area (Å²) in [4.78, 5) is 0. The number of hydrogen-bond acceptors (Lipinski definition) is 2. The van der Waals surface area contributed by atoms with Crippen molar-refractivity contribution < 1.29 is 4.74 Å². The average molecular weight is 294 g/mol. The lowest BCUT2D eigenvalue weighted by molar-refractivity contribution is 0.347. The Bertz CT molecular complexity index is 441. The maximum atomic E-state index is 6.14. The van der Waals surface area contributed by atoms with Crippen LogP contribution >= 0.6 is 11.6 Å². The van der Waals surface area contributed by atoms with E-state index in [1.54, 1.807) is 0 Å². The van der Waals surface area contributed by atoms with Gasteiger partial charge < -0.3 is 10.1 Å². The number of nitrogens with one attached hydrogen (secondary N) is 1. The molecule has 0 amide bonds. The molecule has 2 nitrogen and oxygen atoms in total. The molecular weight excluding hydrogens is 270 g/mol. The van der Waals surface area contributed by atoms with Gasteiger partial charge in [-0.1, -0.05) is 12.1 Å². The molecule has 110 valence electrons. The molecule has 1 aromatic carbocycles. The molecule has 1 saturated carbocycles. The lowest BCUT2D eigenvalue weighted by Gasteiger charge is -2.25. The van der Waals surface area contributed by atoms with Crippen molar-refractivity contribution in [3.05, 3.63) is 29.3 Å². The van der Waals surface area contributed by atoms with Crippen LogP contribution in [0, 0.1) is 5.92 Å². The summed E-state index contributed by atoms with van der Waals surface area (Å²) in [6.07, 6.45) is 7.14. The van der Waals surface area contributed by atoms with E-state index in [4.69, 9.17) is 16.3 Å². The Kier molecular flexibility index (Phi) is 4.85. The Labute approximate surface area is 126 Å². The molecule has 20 heavy (non-hydrogen) atoms. The van der Waals surface area contributed by atoms with Crippen LogP contribution in [-0.2, 0) is 12.8 Å². The second-order valence-electron chi connectivity index (χ2n) is 6.11. The van der Waals surface area contributed by atoms with Crippen LogP contribution in [0.5, 0.6) is 5.75 Å². The van der Waals surface area contributed by atoms with E-state index in [0.29, 0.717) is 5.38 Å². The minimum absolute atomic E-state index is 0.430. The summed E-state index contributed by atoms with van der Waals surface area (Å²) in [6, 6.07) is 6.63. The minimum atomic E-state index is 0.430. The Morgan fingerprint density at radius 1 is 1.20 bits per heavy atom. The van der Waals surface area contributed by atoms with Crippen molar-refractivity contribution in [3.63, 3.8) is 0 Å². The summed E-state index contributed by atoms with van der Waals surface area (Å²) in [5.74, 6) is 1.91. The summed E-state index contributed by atoms with van der Waals surface area (Å²) in [6.45, 7) is 3.07. The number of halogens is 1. The molecule has 1 aliphatic carbocycles. The SMILES string of the molecule is ClC1CCC(CNCCc2ccc3c(c2)CCO3)CC1. The van der Waals surface area contributed by atoms with Crippen molar-refractivity contribution in [1.82, 2.24) is 5.32 Å². The molecule has 2 aliphatic rings. The second kappa shape index (κ2) is 6.82. The molecule has 1 aliphatic heterocycles. The Balaban J connectivity index is 1.37. The fraction of sp³-hybridized carbons (Fsp3) is 0.647. The zero-order valence-corrected chi connectivity index (χ0v) is 12.8. The molecule has 0 saturated heterocycles. The lowest BCUT2D eigenvalue weighted by Crippen LogP contribution is -2.28. The Morgan fingerprint density at radius 3 is 2.90 bits per heavy atom. The van der Waals surface area contributed by atoms with Crippen LogP contribution in [0.3, 0.4) is 0 Å². The van der Waals surface area contributed by atoms with Gasteiger partial charge in [-0.05, 0) is 68.3 Å². The van der Waals surface area contributed by atoms with E-state index < -0.39 is 0 Å². The van der Waals surface area contributed by atoms with Gasteiger partial charge in [0.1, 0.15) is 5.75 Å². The highest BCUT2D eigenvalue weighted by atomic mass is 35.5. The van der Waals surface area contributed by atoms with Crippen molar-refractivity contribution in [2.75, 3.05) is 19.7 Å². The van der Waals surface area contributed by atoms with E-state index in [1.807, 2.05) is 0 Å². The first-order valence-corrected chi connectivity index (χ1v) is 8.34. The second-order valence-corrected chi connectivity index (χ2v) is 6.73. The molecule has 1 heterocycles. The average Bonchev–Trinajstić information content (AvgIpc) is 2.93. The highest BCUT2D eigenvalue weighted by Crippen LogP contribution is 2.27. The molecule has 0 atom stereocenters. The number of fused-ring (bicyclic) bond motifs is 1. The number of ether oxygens (including phenoxy) is 1. The van der Waals surface area contributed by atoms with Gasteiger partial charge in [-0.2, -0.15) is 0 Å². The van der Waals surface area contributed by atoms with Crippen LogP contribution in [0.25, 0.3) is 0 Å². The lowest BCUT2D eigenvalue weighted by atomic mass is 9.89. The van der Waals surface area contributed by atoms with Crippen LogP contribution in [0.2, 0.25) is 0 Å². The van der Waals surface area contributed by atoms with Gasteiger partial charge in [0.25, 0.3) is 0 Å². The maximum absolute atomic E-state index is 6.14. The standard InChI is InChI=1S/C17H24ClNO/c18-16-4-1-14(2-5-16)12-19-9-7-13-3-6-17-15(11-13)8-10-20-17/h3,6,11,14,16,19H,1-2,4-5,7-10,12H2. The fourth-order valence-corrected chi connectivity index (χ4v) is 3.51. The van der Waals surface area contributed by atoms with E-state index in [-0.39, 0.29) is 0 Å². The van der Waals surface area contributed by atoms with E-state index in [1.165, 1.54) is 36.8 Å². The van der Waals surface area contributed by atoms with Crippen LogP contribution in [0.15, 0.2) is 18.2 Å². The summed E-state index contributed by atoms with van der Waals surface area (Å²) >= 11 is 6.14. The number of hydrogen-bond donors (Lipinski definition) is 1. The largest absolute Gasteiger partial charge is 0.493 e. The molecule has 3 heteroatoms. The summed E-state index contributed by atoms with van der Waals surface area (Å²) in [7, 11) is 0. The monoisotopic (exact) mass is 293 g/mol. The third-order valence-corrected chi connectivity index (χ3v) is 4.99. The summed E-state index contributed by atoms with van der Waals surface area (Å²) in [5, 5.41) is 4.04. The number of rotatable bonds is 5. The van der Waals surface area contributed by atoms with E-state index in [2.05, 4.69) is 23.5 Å². The maximum Gasteiger partial charge on any atom is 0.122 e. The van der Waals surface area contributed by atoms with Crippen LogP contribution < -0.4 is 10.1 Å². The topological polar surface area (TPSA) is 21.3 Å². The van der Waals surface area contributed by atoms with Crippen molar-refractivity contribution in [1.29, 1.82) is 0 Å². The fourth-order valence-electron chi connectivity index (χ4n) is 3.26. The molecule has 1 fully saturated rings. The first-order chi connectivity index (χ1) is 9.81. The van der Waals surface area contributed by atoms with Crippen LogP contribution in [0.1, 0.15) is 36.8 Å². The van der Waals surface area contributed by atoms with Gasteiger partial charge in [0.05, 0.1) is 6.61 Å². The van der Waals surface area contributed by atoms with Gasteiger partial charge in [-0.15, -0.1) is 11.6 Å². The third-order valence-electron chi connectivity index (χ3n) is 4.55. The molecule has 0 unspecified atom stereocenters. The number of benzene rings is 1. The zero-order valence-electron chi connectivity index (χ0n) is 12.0. The molecule has 0 bridgehead atoms. The third kappa shape index (κ3) is 3.67. The van der Waals surface area contributed by atoms with Crippen molar-refractivity contribution >= 4 is 11.6 Å². The highest BCUT2D eigenvalue weighted by Gasteiger charge is 2.18. The van der Waals surface area contributed by atoms with Gasteiger partial charge in [0.15, 0.2) is 0 Å². The Morgan fingerprint density at radius 2 is 2.05 bits per heavy atom. The molecular formula is C17H24ClNO. The van der Waals surface area contributed by atoms with Crippen molar-refractivity contribution in [2.24, 2.45) is 5.92 Å². The number of alkyl halides is 1. The summed E-state index contributed by atoms with van der Waals surface area (Å²) in [5.41, 5.74) is 2.80. The normalized spacial score (nSPS) is 25.2. The molecule has 0 spiro atoms. The van der Waals surface area contributed by atoms with Gasteiger partial charge in [0, 0.05) is 11.8 Å². The Hall–Kier alpha value is -0.730. The van der Waals surface area contributed by atoms with E-state index in [0.717, 1.165) is 44.2 Å². The first-order valence-electron chi connectivity index (χ1n) is 7.90. The summed E-state index contributed by atoms with van der Waals surface area (Å²) < 4.78 is 5.54. The van der Waals surface area contributed by atoms with Crippen LogP contribution in [0.4, 0.5) is 0 Å². The van der Waals surface area contributed by atoms with E-state index in [9.17, 15) is 0 Å². The predicted octanol–water partition coefficient (Wildman–Crippen LogP) is 3.55. The first kappa shape index (κ1) is 14.2. The van der Waals surface area contributed by atoms with Gasteiger partial charge >= 0.3 is 0 Å².